The third-order valence-corrected chi connectivity index (χ3v) is 4.18. The highest BCUT2D eigenvalue weighted by molar-refractivity contribution is 5.79. The Morgan fingerprint density at radius 3 is 2.20 bits per heavy atom. The third kappa shape index (κ3) is 4.44. The van der Waals surface area contributed by atoms with Gasteiger partial charge in [-0.1, -0.05) is 74.0 Å². The number of aryl methyl sites for hydroxylation is 1. The molecule has 0 saturated carbocycles. The number of nitrogens with zero attached hydrogens (tertiary/aromatic N) is 1. The molecule has 3 rings (SSSR count). The number of unbranched alkanes of at least 4 members (excludes halogenated alkanes) is 1. The van der Waals surface area contributed by atoms with Crippen LogP contribution in [-0.2, 0) is 11.2 Å². The van der Waals surface area contributed by atoms with E-state index in [9.17, 15) is 4.79 Å². The molecule has 0 spiro atoms. The number of carbonyl (C=O) groups is 1. The lowest BCUT2D eigenvalue weighted by molar-refractivity contribution is -0.119. The molecule has 0 radical (unpaired) electrons. The minimum absolute atomic E-state index is 0.280. The number of rotatable bonds is 8. The fourth-order valence-corrected chi connectivity index (χ4v) is 2.79. The highest BCUT2D eigenvalue weighted by Crippen LogP contribution is 2.32. The maximum Gasteiger partial charge on any atom is 0.195 e. The van der Waals surface area contributed by atoms with Crippen LogP contribution in [0, 0.1) is 0 Å². The number of oxazole rings is 1. The molecule has 0 saturated heterocycles. The van der Waals surface area contributed by atoms with E-state index in [0.29, 0.717) is 25.2 Å². The summed E-state index contributed by atoms with van der Waals surface area (Å²) in [6.45, 7) is 2.10. The normalized spacial score (nSPS) is 10.8. The Bertz CT molecular complexity index is 750. The molecule has 0 aliphatic heterocycles. The molecule has 0 amide bonds. The first kappa shape index (κ1) is 17.2. The number of carbonyl (C=O) groups excluding carboxylic acids is 1. The fourth-order valence-electron chi connectivity index (χ4n) is 2.79. The van der Waals surface area contributed by atoms with Gasteiger partial charge in [-0.05, 0) is 6.42 Å². The summed E-state index contributed by atoms with van der Waals surface area (Å²) in [6, 6.07) is 20.0. The van der Waals surface area contributed by atoms with Crippen molar-refractivity contribution in [2.45, 2.75) is 39.0 Å². The van der Waals surface area contributed by atoms with Crippen molar-refractivity contribution in [3.8, 4) is 22.6 Å². The molecule has 0 N–H and O–H groups in total. The number of hydrogen-bond donors (Lipinski definition) is 0. The zero-order valence-electron chi connectivity index (χ0n) is 14.6. The standard InChI is InChI=1S/C22H23NO2/c1-2-3-14-19(24)15-16-20-23-21(17-10-6-4-7-11-17)22(25-20)18-12-8-5-9-13-18/h4-13H,2-3,14-16H2,1H3. The van der Waals surface area contributed by atoms with Crippen LogP contribution in [0.1, 0.15) is 38.5 Å². The Balaban J connectivity index is 1.86. The van der Waals surface area contributed by atoms with E-state index < -0.39 is 0 Å². The van der Waals surface area contributed by atoms with Gasteiger partial charge in [0.2, 0.25) is 0 Å². The molecule has 1 aromatic heterocycles. The third-order valence-electron chi connectivity index (χ3n) is 4.18. The van der Waals surface area contributed by atoms with E-state index in [1.165, 1.54) is 0 Å². The molecule has 3 aromatic rings. The topological polar surface area (TPSA) is 43.1 Å². The predicted molar refractivity (Wildman–Crippen MR) is 100 cm³/mol. The van der Waals surface area contributed by atoms with Crippen molar-refractivity contribution in [2.24, 2.45) is 0 Å². The molecule has 128 valence electrons. The van der Waals surface area contributed by atoms with E-state index in [0.717, 1.165) is 35.4 Å². The molecule has 0 unspecified atom stereocenters. The second-order valence-electron chi connectivity index (χ2n) is 6.16. The minimum Gasteiger partial charge on any atom is -0.440 e. The number of aromatic nitrogens is 1. The van der Waals surface area contributed by atoms with Crippen molar-refractivity contribution >= 4 is 5.78 Å². The molecule has 25 heavy (non-hydrogen) atoms. The summed E-state index contributed by atoms with van der Waals surface area (Å²) in [5.74, 6) is 1.67. The summed E-state index contributed by atoms with van der Waals surface area (Å²) in [4.78, 5) is 16.6. The van der Waals surface area contributed by atoms with Gasteiger partial charge in [0, 0.05) is 30.4 Å². The SMILES string of the molecule is CCCCC(=O)CCc1nc(-c2ccccc2)c(-c2ccccc2)o1. The van der Waals surface area contributed by atoms with Gasteiger partial charge in [-0.15, -0.1) is 0 Å². The monoisotopic (exact) mass is 333 g/mol. The second kappa shape index (κ2) is 8.43. The fraction of sp³-hybridized carbons (Fsp3) is 0.273. The zero-order chi connectivity index (χ0) is 17.5. The van der Waals surface area contributed by atoms with Crippen LogP contribution in [-0.4, -0.2) is 10.8 Å². The number of hydrogen-bond acceptors (Lipinski definition) is 3. The van der Waals surface area contributed by atoms with E-state index in [1.54, 1.807) is 0 Å². The van der Waals surface area contributed by atoms with Gasteiger partial charge in [0.25, 0.3) is 0 Å². The average molecular weight is 333 g/mol. The van der Waals surface area contributed by atoms with Gasteiger partial charge < -0.3 is 4.42 Å². The van der Waals surface area contributed by atoms with Crippen molar-refractivity contribution in [3.63, 3.8) is 0 Å². The first-order valence-corrected chi connectivity index (χ1v) is 8.90. The number of ketones is 1. The first-order chi connectivity index (χ1) is 12.3. The van der Waals surface area contributed by atoms with E-state index in [1.807, 2.05) is 60.7 Å². The van der Waals surface area contributed by atoms with E-state index in [4.69, 9.17) is 9.40 Å². The number of benzene rings is 2. The Morgan fingerprint density at radius 1 is 0.920 bits per heavy atom. The smallest absolute Gasteiger partial charge is 0.195 e. The second-order valence-corrected chi connectivity index (χ2v) is 6.16. The summed E-state index contributed by atoms with van der Waals surface area (Å²) in [5.41, 5.74) is 2.86. The van der Waals surface area contributed by atoms with E-state index in [2.05, 4.69) is 6.92 Å². The van der Waals surface area contributed by atoms with Gasteiger partial charge in [-0.25, -0.2) is 4.98 Å². The first-order valence-electron chi connectivity index (χ1n) is 8.90. The van der Waals surface area contributed by atoms with Crippen LogP contribution >= 0.6 is 0 Å². The Labute approximate surface area is 148 Å². The van der Waals surface area contributed by atoms with Crippen LogP contribution in [0.2, 0.25) is 0 Å². The molecule has 2 aromatic carbocycles. The van der Waals surface area contributed by atoms with Gasteiger partial charge in [-0.2, -0.15) is 0 Å². The molecule has 0 bridgehead atoms. The minimum atomic E-state index is 0.280. The van der Waals surface area contributed by atoms with Crippen molar-refractivity contribution in [1.82, 2.24) is 4.98 Å². The number of Topliss-reactive ketones (excluding diaryl/α,β-unsaturated/α-hetero) is 1. The van der Waals surface area contributed by atoms with E-state index >= 15 is 0 Å². The van der Waals surface area contributed by atoms with Crippen LogP contribution in [0.5, 0.6) is 0 Å². The molecule has 0 atom stereocenters. The molecular weight excluding hydrogens is 310 g/mol. The van der Waals surface area contributed by atoms with Gasteiger partial charge in [-0.3, -0.25) is 4.79 Å². The van der Waals surface area contributed by atoms with Crippen molar-refractivity contribution in [2.75, 3.05) is 0 Å². The lowest BCUT2D eigenvalue weighted by Crippen LogP contribution is -2.00. The molecule has 1 heterocycles. The molecule has 3 nitrogen and oxygen atoms in total. The lowest BCUT2D eigenvalue weighted by atomic mass is 10.1. The van der Waals surface area contributed by atoms with Crippen molar-refractivity contribution in [3.05, 3.63) is 66.6 Å². The van der Waals surface area contributed by atoms with Crippen LogP contribution in [0.15, 0.2) is 65.1 Å². The molecular formula is C22H23NO2. The average Bonchev–Trinajstić information content (AvgIpc) is 3.10. The van der Waals surface area contributed by atoms with Gasteiger partial charge in [0.05, 0.1) is 0 Å². The molecule has 0 fully saturated rings. The highest BCUT2D eigenvalue weighted by atomic mass is 16.4. The maximum absolute atomic E-state index is 11.9. The van der Waals surface area contributed by atoms with Crippen molar-refractivity contribution < 1.29 is 9.21 Å². The van der Waals surface area contributed by atoms with Crippen LogP contribution < -0.4 is 0 Å². The highest BCUT2D eigenvalue weighted by Gasteiger charge is 2.17. The van der Waals surface area contributed by atoms with Crippen LogP contribution in [0.4, 0.5) is 0 Å². The summed E-state index contributed by atoms with van der Waals surface area (Å²) in [6.07, 6.45) is 3.68. The van der Waals surface area contributed by atoms with Crippen LogP contribution in [0.3, 0.4) is 0 Å². The molecule has 0 aliphatic carbocycles. The lowest BCUT2D eigenvalue weighted by Gasteiger charge is -2.00. The predicted octanol–water partition coefficient (Wildman–Crippen LogP) is 5.70. The van der Waals surface area contributed by atoms with E-state index in [-0.39, 0.29) is 5.78 Å². The quantitative estimate of drug-likeness (QED) is 0.531. The Hall–Kier alpha value is -2.68. The van der Waals surface area contributed by atoms with Crippen LogP contribution in [0.25, 0.3) is 22.6 Å². The Kier molecular flexibility index (Phi) is 5.78. The summed E-state index contributed by atoms with van der Waals surface area (Å²) >= 11 is 0. The maximum atomic E-state index is 11.9. The summed E-state index contributed by atoms with van der Waals surface area (Å²) in [5, 5.41) is 0. The van der Waals surface area contributed by atoms with Gasteiger partial charge in [0.15, 0.2) is 11.7 Å². The largest absolute Gasteiger partial charge is 0.440 e. The summed E-state index contributed by atoms with van der Waals surface area (Å²) in [7, 11) is 0. The zero-order valence-corrected chi connectivity index (χ0v) is 14.6. The van der Waals surface area contributed by atoms with Gasteiger partial charge >= 0.3 is 0 Å². The molecule has 0 aliphatic rings. The van der Waals surface area contributed by atoms with Gasteiger partial charge in [0.1, 0.15) is 11.5 Å². The Morgan fingerprint density at radius 2 is 1.56 bits per heavy atom. The summed E-state index contributed by atoms with van der Waals surface area (Å²) < 4.78 is 6.05. The molecule has 3 heteroatoms. The van der Waals surface area contributed by atoms with Crippen molar-refractivity contribution in [1.29, 1.82) is 0 Å².